The maximum atomic E-state index is 3.47. The monoisotopic (exact) mass is 182 g/mol. The lowest BCUT2D eigenvalue weighted by Crippen LogP contribution is -2.37. The zero-order valence-electron chi connectivity index (χ0n) is 8.92. The molecule has 1 saturated heterocycles. The Morgan fingerprint density at radius 2 is 1.62 bits per heavy atom. The van der Waals surface area contributed by atoms with E-state index in [4.69, 9.17) is 0 Å². The van der Waals surface area contributed by atoms with Crippen molar-refractivity contribution in [1.82, 2.24) is 10.2 Å². The van der Waals surface area contributed by atoms with Crippen LogP contribution in [0.4, 0.5) is 0 Å². The van der Waals surface area contributed by atoms with Gasteiger partial charge >= 0.3 is 0 Å². The van der Waals surface area contributed by atoms with E-state index in [1.54, 1.807) is 0 Å². The highest BCUT2D eigenvalue weighted by molar-refractivity contribution is 4.85. The third-order valence-electron chi connectivity index (χ3n) is 3.77. The molecule has 0 amide bonds. The molecule has 2 unspecified atom stereocenters. The summed E-state index contributed by atoms with van der Waals surface area (Å²) in [4.78, 5) is 2.54. The van der Waals surface area contributed by atoms with Crippen LogP contribution >= 0.6 is 0 Å². The molecular formula is C11H22N2. The molecule has 1 saturated carbocycles. The van der Waals surface area contributed by atoms with Gasteiger partial charge in [-0.2, -0.15) is 0 Å². The molecule has 0 aromatic carbocycles. The van der Waals surface area contributed by atoms with Gasteiger partial charge in [0, 0.05) is 19.1 Å². The lowest BCUT2D eigenvalue weighted by atomic mass is 9.95. The summed E-state index contributed by atoms with van der Waals surface area (Å²) in [6.45, 7) is 2.66. The first-order chi connectivity index (χ1) is 6.28. The van der Waals surface area contributed by atoms with E-state index in [0.717, 1.165) is 17.9 Å². The van der Waals surface area contributed by atoms with Crippen molar-refractivity contribution >= 4 is 0 Å². The van der Waals surface area contributed by atoms with Gasteiger partial charge in [-0.1, -0.05) is 0 Å². The van der Waals surface area contributed by atoms with E-state index in [9.17, 15) is 0 Å². The first-order valence-corrected chi connectivity index (χ1v) is 5.63. The molecule has 1 heterocycles. The topological polar surface area (TPSA) is 15.3 Å². The standard InChI is InChI=1S/C11H22N2/c1-12-11-5-9-3-4-10(6-11)8-13(2)7-9/h9-12H,3-8H2,1-2H3. The first-order valence-electron chi connectivity index (χ1n) is 5.63. The van der Waals surface area contributed by atoms with Crippen LogP contribution in [0.2, 0.25) is 0 Å². The lowest BCUT2D eigenvalue weighted by Gasteiger charge is -2.29. The fourth-order valence-electron chi connectivity index (χ4n) is 3.13. The van der Waals surface area contributed by atoms with Gasteiger partial charge in [-0.3, -0.25) is 0 Å². The maximum Gasteiger partial charge on any atom is 0.00702 e. The zero-order valence-corrected chi connectivity index (χ0v) is 8.92. The predicted molar refractivity (Wildman–Crippen MR) is 55.8 cm³/mol. The van der Waals surface area contributed by atoms with E-state index >= 15 is 0 Å². The van der Waals surface area contributed by atoms with E-state index in [-0.39, 0.29) is 0 Å². The second-order valence-corrected chi connectivity index (χ2v) is 4.99. The molecule has 2 rings (SSSR count). The van der Waals surface area contributed by atoms with Crippen molar-refractivity contribution in [3.63, 3.8) is 0 Å². The number of likely N-dealkylation sites (tertiary alicyclic amines) is 1. The minimum absolute atomic E-state index is 0.797. The molecule has 2 atom stereocenters. The highest BCUT2D eigenvalue weighted by Gasteiger charge is 2.29. The molecule has 1 N–H and O–H groups in total. The molecule has 0 aromatic heterocycles. The van der Waals surface area contributed by atoms with Crippen molar-refractivity contribution in [2.75, 3.05) is 27.2 Å². The number of nitrogens with zero attached hydrogens (tertiary/aromatic N) is 1. The molecule has 2 nitrogen and oxygen atoms in total. The molecule has 0 radical (unpaired) electrons. The number of hydrogen-bond donors (Lipinski definition) is 1. The quantitative estimate of drug-likeness (QED) is 0.658. The van der Waals surface area contributed by atoms with E-state index < -0.39 is 0 Å². The Kier molecular flexibility index (Phi) is 2.89. The van der Waals surface area contributed by atoms with Gasteiger partial charge in [0.25, 0.3) is 0 Å². The summed E-state index contributed by atoms with van der Waals surface area (Å²) in [5, 5.41) is 3.47. The Labute approximate surface area is 81.7 Å². The molecule has 0 aromatic rings. The van der Waals surface area contributed by atoms with Crippen LogP contribution in [0.1, 0.15) is 25.7 Å². The number of rotatable bonds is 1. The van der Waals surface area contributed by atoms with Gasteiger partial charge in [-0.05, 0) is 51.6 Å². The molecule has 2 heteroatoms. The summed E-state index contributed by atoms with van der Waals surface area (Å²) in [5.74, 6) is 1.91. The Morgan fingerprint density at radius 1 is 1.08 bits per heavy atom. The van der Waals surface area contributed by atoms with Crippen LogP contribution < -0.4 is 5.32 Å². The molecule has 1 aliphatic heterocycles. The van der Waals surface area contributed by atoms with Crippen molar-refractivity contribution in [2.45, 2.75) is 31.7 Å². The highest BCUT2D eigenvalue weighted by Crippen LogP contribution is 2.31. The molecule has 2 fully saturated rings. The summed E-state index contributed by atoms with van der Waals surface area (Å²) in [6.07, 6.45) is 5.73. The Bertz CT molecular complexity index is 153. The van der Waals surface area contributed by atoms with Gasteiger partial charge in [-0.15, -0.1) is 0 Å². The summed E-state index contributed by atoms with van der Waals surface area (Å²) in [6, 6.07) is 0.797. The molecular weight excluding hydrogens is 160 g/mol. The second kappa shape index (κ2) is 3.97. The number of nitrogens with one attached hydrogen (secondary N) is 1. The van der Waals surface area contributed by atoms with Crippen LogP contribution in [0.15, 0.2) is 0 Å². The third-order valence-corrected chi connectivity index (χ3v) is 3.77. The van der Waals surface area contributed by atoms with Crippen molar-refractivity contribution in [3.8, 4) is 0 Å². The fraction of sp³-hybridized carbons (Fsp3) is 1.00. The average Bonchev–Trinajstić information content (AvgIpc) is 2.34. The number of fused-ring (bicyclic) bond motifs is 3. The van der Waals surface area contributed by atoms with Crippen LogP contribution in [-0.4, -0.2) is 38.1 Å². The molecule has 13 heavy (non-hydrogen) atoms. The minimum atomic E-state index is 0.797. The largest absolute Gasteiger partial charge is 0.317 e. The molecule has 0 spiro atoms. The van der Waals surface area contributed by atoms with Crippen molar-refractivity contribution in [3.05, 3.63) is 0 Å². The smallest absolute Gasteiger partial charge is 0.00702 e. The van der Waals surface area contributed by atoms with E-state index in [0.29, 0.717) is 0 Å². The highest BCUT2D eigenvalue weighted by atomic mass is 15.1. The maximum absolute atomic E-state index is 3.47. The SMILES string of the molecule is CNC1CC2CCC(C1)CN(C)C2. The molecule has 2 aliphatic rings. The number of hydrogen-bond acceptors (Lipinski definition) is 2. The fourth-order valence-corrected chi connectivity index (χ4v) is 3.13. The summed E-state index contributed by atoms with van der Waals surface area (Å²) >= 11 is 0. The van der Waals surface area contributed by atoms with Gasteiger partial charge in [0.2, 0.25) is 0 Å². The normalized spacial score (nSPS) is 41.5. The summed E-state index contributed by atoms with van der Waals surface area (Å²) in [5.41, 5.74) is 0. The summed E-state index contributed by atoms with van der Waals surface area (Å²) < 4.78 is 0. The average molecular weight is 182 g/mol. The molecule has 76 valence electrons. The van der Waals surface area contributed by atoms with Crippen LogP contribution in [0.25, 0.3) is 0 Å². The van der Waals surface area contributed by atoms with Crippen molar-refractivity contribution in [2.24, 2.45) is 11.8 Å². The predicted octanol–water partition coefficient (Wildman–Crippen LogP) is 1.33. The Hall–Kier alpha value is -0.0800. The van der Waals surface area contributed by atoms with Crippen molar-refractivity contribution in [1.29, 1.82) is 0 Å². The van der Waals surface area contributed by atoms with Gasteiger partial charge in [0.15, 0.2) is 0 Å². The first kappa shape index (κ1) is 9.47. The van der Waals surface area contributed by atoms with E-state index in [2.05, 4.69) is 24.3 Å². The Balaban J connectivity index is 2.04. The van der Waals surface area contributed by atoms with Crippen LogP contribution in [-0.2, 0) is 0 Å². The van der Waals surface area contributed by atoms with Crippen LogP contribution in [0.5, 0.6) is 0 Å². The van der Waals surface area contributed by atoms with Crippen molar-refractivity contribution < 1.29 is 0 Å². The van der Waals surface area contributed by atoms with Gasteiger partial charge in [-0.25, -0.2) is 0 Å². The van der Waals surface area contributed by atoms with E-state index in [1.807, 2.05) is 0 Å². The lowest BCUT2D eigenvalue weighted by molar-refractivity contribution is 0.216. The summed E-state index contributed by atoms with van der Waals surface area (Å²) in [7, 11) is 4.40. The molecule has 2 bridgehead atoms. The Morgan fingerprint density at radius 3 is 2.08 bits per heavy atom. The van der Waals surface area contributed by atoms with Gasteiger partial charge in [0.05, 0.1) is 0 Å². The minimum Gasteiger partial charge on any atom is -0.317 e. The molecule has 1 aliphatic carbocycles. The van der Waals surface area contributed by atoms with Crippen LogP contribution in [0, 0.1) is 11.8 Å². The third kappa shape index (κ3) is 2.23. The van der Waals surface area contributed by atoms with E-state index in [1.165, 1.54) is 38.8 Å². The van der Waals surface area contributed by atoms with Crippen LogP contribution in [0.3, 0.4) is 0 Å². The zero-order chi connectivity index (χ0) is 9.26. The van der Waals surface area contributed by atoms with Gasteiger partial charge < -0.3 is 10.2 Å². The van der Waals surface area contributed by atoms with Gasteiger partial charge in [0.1, 0.15) is 0 Å². The second-order valence-electron chi connectivity index (χ2n) is 4.99.